The van der Waals surface area contributed by atoms with Gasteiger partial charge in [-0.25, -0.2) is 0 Å². The summed E-state index contributed by atoms with van der Waals surface area (Å²) in [6.07, 6.45) is 6.23. The number of carbonyl (C=O) groups excluding carboxylic acids is 2. The van der Waals surface area contributed by atoms with E-state index in [2.05, 4.69) is 13.0 Å². The van der Waals surface area contributed by atoms with Crippen LogP contribution in [0.4, 0.5) is 0 Å². The van der Waals surface area contributed by atoms with E-state index < -0.39 is 6.10 Å². The summed E-state index contributed by atoms with van der Waals surface area (Å²) in [5.74, 6) is 0.931. The van der Waals surface area contributed by atoms with Gasteiger partial charge in [-0.2, -0.15) is 0 Å². The number of benzene rings is 2. The van der Waals surface area contributed by atoms with E-state index in [-0.39, 0.29) is 17.2 Å². The zero-order valence-corrected chi connectivity index (χ0v) is 23.8. The summed E-state index contributed by atoms with van der Waals surface area (Å²) in [6.45, 7) is 8.07. The molecule has 0 radical (unpaired) electrons. The normalized spacial score (nSPS) is 20.2. The molecule has 0 saturated carbocycles. The van der Waals surface area contributed by atoms with E-state index in [1.807, 2.05) is 73.2 Å². The number of likely N-dealkylation sites (N-methyl/N-ethyl adjacent to an activating group) is 1. The number of amides is 2. The number of aryl methyl sites for hydroxylation is 2. The Morgan fingerprint density at radius 3 is 2.54 bits per heavy atom. The molecule has 1 fully saturated rings. The number of nitrogens with zero attached hydrogens (tertiary/aromatic N) is 3. The van der Waals surface area contributed by atoms with E-state index in [4.69, 9.17) is 9.72 Å². The lowest BCUT2D eigenvalue weighted by molar-refractivity contribution is -0.138. The quantitative estimate of drug-likeness (QED) is 0.411. The van der Waals surface area contributed by atoms with Crippen molar-refractivity contribution < 1.29 is 14.3 Å². The maximum Gasteiger partial charge on any atom is 0.263 e. The average Bonchev–Trinajstić information content (AvgIpc) is 2.95. The molecule has 2 aromatic carbocycles. The first-order valence-electron chi connectivity index (χ1n) is 14.5. The van der Waals surface area contributed by atoms with Crippen molar-refractivity contribution in [2.45, 2.75) is 71.8 Å². The number of fused-ring (bicyclic) bond motifs is 2. The maximum atomic E-state index is 14.0. The molecule has 39 heavy (non-hydrogen) atoms. The molecule has 3 aromatic rings. The first-order chi connectivity index (χ1) is 18.8. The van der Waals surface area contributed by atoms with Crippen LogP contribution in [0, 0.1) is 12.3 Å². The predicted molar refractivity (Wildman–Crippen MR) is 155 cm³/mol. The molecule has 2 aliphatic heterocycles. The van der Waals surface area contributed by atoms with Gasteiger partial charge in [0.1, 0.15) is 5.75 Å². The van der Waals surface area contributed by atoms with Gasteiger partial charge in [0.25, 0.3) is 11.8 Å². The third-order valence-corrected chi connectivity index (χ3v) is 8.87. The minimum atomic E-state index is -0.537. The molecular formula is C33H41N3O3. The van der Waals surface area contributed by atoms with Gasteiger partial charge >= 0.3 is 0 Å². The molecule has 6 heteroatoms. The molecule has 1 saturated heterocycles. The first-order valence-corrected chi connectivity index (χ1v) is 14.5. The fraction of sp³-hybridized carbons (Fsp3) is 0.485. The van der Waals surface area contributed by atoms with Crippen LogP contribution in [0.5, 0.6) is 5.75 Å². The number of para-hydroxylation sites is 2. The molecule has 2 amide bonds. The van der Waals surface area contributed by atoms with Crippen molar-refractivity contribution in [1.82, 2.24) is 14.8 Å². The van der Waals surface area contributed by atoms with Crippen LogP contribution in [-0.2, 0) is 17.6 Å². The number of aromatic nitrogens is 1. The Morgan fingerprint density at radius 1 is 1.05 bits per heavy atom. The van der Waals surface area contributed by atoms with Gasteiger partial charge in [0.2, 0.25) is 0 Å². The van der Waals surface area contributed by atoms with Crippen LogP contribution in [-0.4, -0.2) is 59.4 Å². The highest BCUT2D eigenvalue weighted by Gasteiger charge is 2.39. The monoisotopic (exact) mass is 527 g/mol. The minimum Gasteiger partial charge on any atom is -0.481 e. The van der Waals surface area contributed by atoms with E-state index >= 15 is 0 Å². The fourth-order valence-electron chi connectivity index (χ4n) is 6.58. The van der Waals surface area contributed by atoms with Crippen LogP contribution < -0.4 is 4.74 Å². The summed E-state index contributed by atoms with van der Waals surface area (Å²) < 4.78 is 6.14. The molecule has 206 valence electrons. The number of carbonyl (C=O) groups is 2. The Morgan fingerprint density at radius 2 is 1.77 bits per heavy atom. The van der Waals surface area contributed by atoms with E-state index in [1.54, 1.807) is 0 Å². The molecule has 1 spiro atoms. The second kappa shape index (κ2) is 11.4. The molecule has 2 aliphatic rings. The number of ether oxygens (including phenoxy) is 1. The lowest BCUT2D eigenvalue weighted by Crippen LogP contribution is -2.50. The lowest BCUT2D eigenvalue weighted by atomic mass is 9.73. The Labute approximate surface area is 232 Å². The Hall–Kier alpha value is -3.41. The van der Waals surface area contributed by atoms with Gasteiger partial charge in [0, 0.05) is 37.8 Å². The van der Waals surface area contributed by atoms with E-state index in [1.165, 1.54) is 5.56 Å². The van der Waals surface area contributed by atoms with Crippen LogP contribution in [0.2, 0.25) is 0 Å². The van der Waals surface area contributed by atoms with Gasteiger partial charge in [0.05, 0.1) is 11.1 Å². The van der Waals surface area contributed by atoms with Gasteiger partial charge in [-0.15, -0.1) is 0 Å². The summed E-state index contributed by atoms with van der Waals surface area (Å²) in [7, 11) is 1.90. The van der Waals surface area contributed by atoms with E-state index in [9.17, 15) is 9.59 Å². The summed E-state index contributed by atoms with van der Waals surface area (Å²) in [5, 5.41) is 0.933. The SMILES string of the molecule is CCc1nc2ccccc2c(C(=O)N2CCC3(CCCCc4ccccc4O[C@H](C)C(=O)N(C)C3)CC2)c1C. The minimum absolute atomic E-state index is 0.00353. The van der Waals surface area contributed by atoms with Crippen LogP contribution in [0.25, 0.3) is 10.9 Å². The van der Waals surface area contributed by atoms with Gasteiger partial charge in [-0.05, 0) is 81.0 Å². The lowest BCUT2D eigenvalue weighted by Gasteiger charge is -2.44. The highest BCUT2D eigenvalue weighted by atomic mass is 16.5. The zero-order chi connectivity index (χ0) is 27.6. The van der Waals surface area contributed by atoms with Crippen molar-refractivity contribution in [3.05, 3.63) is 70.9 Å². The maximum absolute atomic E-state index is 14.0. The zero-order valence-electron chi connectivity index (χ0n) is 23.8. The Kier molecular flexibility index (Phi) is 7.92. The van der Waals surface area contributed by atoms with E-state index in [0.29, 0.717) is 19.6 Å². The molecule has 0 bridgehead atoms. The smallest absolute Gasteiger partial charge is 0.263 e. The fourth-order valence-corrected chi connectivity index (χ4v) is 6.58. The summed E-state index contributed by atoms with van der Waals surface area (Å²) in [4.78, 5) is 36.0. The molecule has 1 aromatic heterocycles. The summed E-state index contributed by atoms with van der Waals surface area (Å²) >= 11 is 0. The third-order valence-electron chi connectivity index (χ3n) is 8.87. The van der Waals surface area contributed by atoms with Crippen LogP contribution >= 0.6 is 0 Å². The molecule has 1 atom stereocenters. The first kappa shape index (κ1) is 27.2. The number of likely N-dealkylation sites (tertiary alicyclic amines) is 1. The molecule has 3 heterocycles. The number of rotatable bonds is 2. The van der Waals surface area contributed by atoms with Gasteiger partial charge in [-0.3, -0.25) is 14.6 Å². The molecule has 0 unspecified atom stereocenters. The van der Waals surface area contributed by atoms with E-state index in [0.717, 1.165) is 78.4 Å². The highest BCUT2D eigenvalue weighted by Crippen LogP contribution is 2.39. The predicted octanol–water partition coefficient (Wildman–Crippen LogP) is 5.98. The number of hydrogen-bond donors (Lipinski definition) is 0. The van der Waals surface area contributed by atoms with Gasteiger partial charge in [0.15, 0.2) is 6.10 Å². The van der Waals surface area contributed by atoms with Gasteiger partial charge < -0.3 is 14.5 Å². The standard InChI is InChI=1S/C33H41N3O3/c1-5-27-23(2)30(26-14-7-8-15-28(26)34-27)32(38)36-20-18-33(19-21-36)17-11-10-13-25-12-6-9-16-29(25)39-24(3)31(37)35(4)22-33/h6-9,12,14-16,24H,5,10-11,13,17-22H2,1-4H3/t24-/m1/s1. The molecule has 0 aliphatic carbocycles. The van der Waals surface area contributed by atoms with Gasteiger partial charge in [-0.1, -0.05) is 49.7 Å². The van der Waals surface area contributed by atoms with Crippen LogP contribution in [0.1, 0.15) is 73.1 Å². The molecule has 6 nitrogen and oxygen atoms in total. The van der Waals surface area contributed by atoms with Crippen LogP contribution in [0.15, 0.2) is 48.5 Å². The largest absolute Gasteiger partial charge is 0.481 e. The number of pyridine rings is 1. The number of hydrogen-bond acceptors (Lipinski definition) is 4. The Balaban J connectivity index is 1.36. The van der Waals surface area contributed by atoms with Crippen molar-refractivity contribution in [3.63, 3.8) is 0 Å². The summed E-state index contributed by atoms with van der Waals surface area (Å²) in [6, 6.07) is 16.1. The van der Waals surface area contributed by atoms with Crippen molar-refractivity contribution >= 4 is 22.7 Å². The third kappa shape index (κ3) is 5.52. The summed E-state index contributed by atoms with van der Waals surface area (Å²) in [5.41, 5.74) is 4.83. The van der Waals surface area contributed by atoms with Crippen molar-refractivity contribution in [1.29, 1.82) is 0 Å². The second-order valence-electron chi connectivity index (χ2n) is 11.5. The van der Waals surface area contributed by atoms with Crippen molar-refractivity contribution in [3.8, 4) is 5.75 Å². The molecule has 5 rings (SSSR count). The highest BCUT2D eigenvalue weighted by molar-refractivity contribution is 6.07. The number of piperidine rings is 1. The topological polar surface area (TPSA) is 62.7 Å². The van der Waals surface area contributed by atoms with Crippen molar-refractivity contribution in [2.75, 3.05) is 26.7 Å². The van der Waals surface area contributed by atoms with Crippen LogP contribution in [0.3, 0.4) is 0 Å². The molecular weight excluding hydrogens is 486 g/mol. The Bertz CT molecular complexity index is 1360. The second-order valence-corrected chi connectivity index (χ2v) is 11.5. The van der Waals surface area contributed by atoms with Crippen molar-refractivity contribution in [2.24, 2.45) is 5.41 Å². The average molecular weight is 528 g/mol. The molecule has 0 N–H and O–H groups in total.